The van der Waals surface area contributed by atoms with Crippen LogP contribution in [0.3, 0.4) is 0 Å². The molecule has 31 heavy (non-hydrogen) atoms. The van der Waals surface area contributed by atoms with E-state index < -0.39 is 23.3 Å². The van der Waals surface area contributed by atoms with Crippen LogP contribution in [0.25, 0.3) is 5.65 Å². The van der Waals surface area contributed by atoms with E-state index in [-0.39, 0.29) is 11.6 Å². The standard InChI is InChI=1S/C22H24F3N5O/c1-21(2,3)17-12-18(22(23,24)25)30-19(27-17)11-15(28-30)16-8-4-5-10-29(16)20(31)14-7-6-9-26-13-14/h6-7,9,11-13,16H,4-5,8,10H2,1-3H3/t16-/m1/s1. The lowest BCUT2D eigenvalue weighted by molar-refractivity contribution is -0.142. The molecule has 6 nitrogen and oxygen atoms in total. The smallest absolute Gasteiger partial charge is 0.330 e. The number of halogens is 3. The number of aromatic nitrogens is 4. The van der Waals surface area contributed by atoms with E-state index in [1.54, 1.807) is 29.3 Å². The Bertz CT molecular complexity index is 1100. The highest BCUT2D eigenvalue weighted by molar-refractivity contribution is 5.94. The third kappa shape index (κ3) is 4.13. The molecule has 1 fully saturated rings. The van der Waals surface area contributed by atoms with Crippen LogP contribution in [-0.2, 0) is 11.6 Å². The Morgan fingerprint density at radius 2 is 1.94 bits per heavy atom. The van der Waals surface area contributed by atoms with Gasteiger partial charge in [0.1, 0.15) is 5.69 Å². The van der Waals surface area contributed by atoms with Crippen LogP contribution in [0.4, 0.5) is 13.2 Å². The molecule has 0 aliphatic carbocycles. The van der Waals surface area contributed by atoms with Crippen LogP contribution in [0, 0.1) is 0 Å². The number of amides is 1. The molecule has 1 amide bonds. The van der Waals surface area contributed by atoms with E-state index in [2.05, 4.69) is 15.1 Å². The zero-order valence-corrected chi connectivity index (χ0v) is 17.6. The molecule has 1 atom stereocenters. The molecule has 164 valence electrons. The highest BCUT2D eigenvalue weighted by Crippen LogP contribution is 2.35. The van der Waals surface area contributed by atoms with E-state index in [9.17, 15) is 18.0 Å². The molecule has 1 saturated heterocycles. The summed E-state index contributed by atoms with van der Waals surface area (Å²) >= 11 is 0. The molecule has 0 saturated carbocycles. The molecule has 0 N–H and O–H groups in total. The van der Waals surface area contributed by atoms with Crippen molar-refractivity contribution in [3.05, 3.63) is 59.3 Å². The zero-order chi connectivity index (χ0) is 22.4. The minimum atomic E-state index is -4.58. The van der Waals surface area contributed by atoms with Crippen LogP contribution in [0.5, 0.6) is 0 Å². The SMILES string of the molecule is CC(C)(C)c1cc(C(F)(F)F)n2nc([C@H]3CCCCN3C(=O)c3cccnc3)cc2n1. The van der Waals surface area contributed by atoms with Gasteiger partial charge in [-0.1, -0.05) is 20.8 Å². The number of alkyl halides is 3. The summed E-state index contributed by atoms with van der Waals surface area (Å²) in [6.45, 7) is 5.97. The number of pyridine rings is 1. The maximum absolute atomic E-state index is 13.8. The normalized spacial score (nSPS) is 17.9. The zero-order valence-electron chi connectivity index (χ0n) is 17.6. The summed E-state index contributed by atoms with van der Waals surface area (Å²) in [5.41, 5.74) is -0.0861. The van der Waals surface area contributed by atoms with E-state index in [1.807, 2.05) is 20.8 Å². The predicted octanol–water partition coefficient (Wildman–Crippen LogP) is 4.81. The lowest BCUT2D eigenvalue weighted by Crippen LogP contribution is -2.38. The topological polar surface area (TPSA) is 63.4 Å². The first kappa shape index (κ1) is 21.3. The van der Waals surface area contributed by atoms with Gasteiger partial charge in [0.15, 0.2) is 5.65 Å². The molecule has 0 unspecified atom stereocenters. The first-order chi connectivity index (χ1) is 14.6. The van der Waals surface area contributed by atoms with Gasteiger partial charge in [-0.15, -0.1) is 0 Å². The van der Waals surface area contributed by atoms with Gasteiger partial charge in [-0.05, 0) is 37.5 Å². The molecular formula is C22H24F3N5O. The maximum atomic E-state index is 13.8. The number of likely N-dealkylation sites (tertiary alicyclic amines) is 1. The van der Waals surface area contributed by atoms with Gasteiger partial charge in [0.25, 0.3) is 5.91 Å². The summed E-state index contributed by atoms with van der Waals surface area (Å²) in [5, 5.41) is 4.28. The Morgan fingerprint density at radius 1 is 1.16 bits per heavy atom. The van der Waals surface area contributed by atoms with Crippen molar-refractivity contribution in [2.45, 2.75) is 57.7 Å². The highest BCUT2D eigenvalue weighted by atomic mass is 19.4. The molecule has 0 radical (unpaired) electrons. The molecule has 1 aliphatic heterocycles. The number of carbonyl (C=O) groups excluding carboxylic acids is 1. The fourth-order valence-electron chi connectivity index (χ4n) is 3.88. The van der Waals surface area contributed by atoms with E-state index in [0.717, 1.165) is 23.4 Å². The van der Waals surface area contributed by atoms with E-state index in [4.69, 9.17) is 0 Å². The molecular weight excluding hydrogens is 407 g/mol. The number of carbonyl (C=O) groups is 1. The average molecular weight is 431 g/mol. The van der Waals surface area contributed by atoms with Crippen LogP contribution in [0.2, 0.25) is 0 Å². The summed E-state index contributed by atoms with van der Waals surface area (Å²) in [6.07, 6.45) is 0.824. The van der Waals surface area contributed by atoms with Crippen LogP contribution >= 0.6 is 0 Å². The van der Waals surface area contributed by atoms with Crippen molar-refractivity contribution in [2.75, 3.05) is 6.54 Å². The number of hydrogen-bond donors (Lipinski definition) is 0. The lowest BCUT2D eigenvalue weighted by Gasteiger charge is -2.34. The summed E-state index contributed by atoms with van der Waals surface area (Å²) in [5.74, 6) is -0.200. The van der Waals surface area contributed by atoms with E-state index in [1.165, 1.54) is 6.20 Å². The maximum Gasteiger partial charge on any atom is 0.433 e. The second-order valence-corrected chi connectivity index (χ2v) is 8.87. The van der Waals surface area contributed by atoms with Gasteiger partial charge in [-0.2, -0.15) is 18.3 Å². The Hall–Kier alpha value is -2.97. The Labute approximate surface area is 178 Å². The molecule has 4 rings (SSSR count). The van der Waals surface area contributed by atoms with Gasteiger partial charge in [0, 0.05) is 30.4 Å². The Kier molecular flexibility index (Phi) is 5.23. The number of hydrogen-bond acceptors (Lipinski definition) is 4. The molecule has 0 bridgehead atoms. The Morgan fingerprint density at radius 3 is 2.58 bits per heavy atom. The summed E-state index contributed by atoms with van der Waals surface area (Å²) < 4.78 is 42.3. The van der Waals surface area contributed by atoms with E-state index >= 15 is 0 Å². The van der Waals surface area contributed by atoms with Crippen molar-refractivity contribution in [2.24, 2.45) is 0 Å². The predicted molar refractivity (Wildman–Crippen MR) is 109 cm³/mol. The minimum Gasteiger partial charge on any atom is -0.330 e. The second kappa shape index (κ2) is 7.62. The van der Waals surface area contributed by atoms with Crippen molar-refractivity contribution in [1.82, 2.24) is 24.5 Å². The minimum absolute atomic E-state index is 0.133. The monoisotopic (exact) mass is 431 g/mol. The average Bonchev–Trinajstić information content (AvgIpc) is 3.16. The number of fused-ring (bicyclic) bond motifs is 1. The van der Waals surface area contributed by atoms with Crippen molar-refractivity contribution in [3.8, 4) is 0 Å². The van der Waals surface area contributed by atoms with Crippen molar-refractivity contribution >= 4 is 11.6 Å². The van der Waals surface area contributed by atoms with Crippen LogP contribution in [-0.4, -0.2) is 36.9 Å². The van der Waals surface area contributed by atoms with Crippen LogP contribution < -0.4 is 0 Å². The number of rotatable bonds is 2. The highest BCUT2D eigenvalue weighted by Gasteiger charge is 2.37. The van der Waals surface area contributed by atoms with Gasteiger partial charge < -0.3 is 4.90 Å². The van der Waals surface area contributed by atoms with Crippen molar-refractivity contribution < 1.29 is 18.0 Å². The molecule has 4 heterocycles. The Balaban J connectivity index is 1.80. The molecule has 0 spiro atoms. The quantitative estimate of drug-likeness (QED) is 0.584. The summed E-state index contributed by atoms with van der Waals surface area (Å²) in [6, 6.07) is 5.59. The fraction of sp³-hybridized carbons (Fsp3) is 0.455. The van der Waals surface area contributed by atoms with Gasteiger partial charge in [-0.25, -0.2) is 9.50 Å². The molecule has 3 aromatic rings. The fourth-order valence-corrected chi connectivity index (χ4v) is 3.88. The largest absolute Gasteiger partial charge is 0.433 e. The molecule has 3 aromatic heterocycles. The second-order valence-electron chi connectivity index (χ2n) is 8.87. The van der Waals surface area contributed by atoms with Crippen LogP contribution in [0.1, 0.15) is 73.5 Å². The van der Waals surface area contributed by atoms with Gasteiger partial charge in [0.2, 0.25) is 0 Å². The first-order valence-corrected chi connectivity index (χ1v) is 10.2. The lowest BCUT2D eigenvalue weighted by atomic mass is 9.91. The molecule has 0 aromatic carbocycles. The molecule has 9 heteroatoms. The van der Waals surface area contributed by atoms with Crippen molar-refractivity contribution in [1.29, 1.82) is 0 Å². The van der Waals surface area contributed by atoms with Gasteiger partial charge in [0.05, 0.1) is 23.0 Å². The summed E-state index contributed by atoms with van der Waals surface area (Å²) in [4.78, 5) is 23.2. The van der Waals surface area contributed by atoms with Gasteiger partial charge >= 0.3 is 6.18 Å². The number of piperidine rings is 1. The summed E-state index contributed by atoms with van der Waals surface area (Å²) in [7, 11) is 0. The van der Waals surface area contributed by atoms with E-state index in [0.29, 0.717) is 29.9 Å². The number of nitrogens with zero attached hydrogens (tertiary/aromatic N) is 5. The third-order valence-electron chi connectivity index (χ3n) is 5.52. The third-order valence-corrected chi connectivity index (χ3v) is 5.52. The van der Waals surface area contributed by atoms with Gasteiger partial charge in [-0.3, -0.25) is 9.78 Å². The van der Waals surface area contributed by atoms with Crippen LogP contribution in [0.15, 0.2) is 36.7 Å². The van der Waals surface area contributed by atoms with Crippen molar-refractivity contribution in [3.63, 3.8) is 0 Å². The molecule has 1 aliphatic rings. The first-order valence-electron chi connectivity index (χ1n) is 10.2.